The molecule has 0 aliphatic carbocycles. The van der Waals surface area contributed by atoms with Gasteiger partial charge in [0.2, 0.25) is 0 Å². The van der Waals surface area contributed by atoms with Crippen LogP contribution in [0.4, 0.5) is 4.39 Å². The minimum atomic E-state index is -0.187. The molecular weight excluding hydrogens is 237 g/mol. The summed E-state index contributed by atoms with van der Waals surface area (Å²) in [5, 5.41) is 1.07. The molecule has 0 unspecified atom stereocenters. The van der Waals surface area contributed by atoms with Crippen LogP contribution in [0.3, 0.4) is 0 Å². The van der Waals surface area contributed by atoms with Crippen molar-refractivity contribution in [1.82, 2.24) is 4.57 Å². The fourth-order valence-corrected chi connectivity index (χ4v) is 2.39. The van der Waals surface area contributed by atoms with E-state index in [-0.39, 0.29) is 5.82 Å². The molecule has 3 aromatic rings. The van der Waals surface area contributed by atoms with Gasteiger partial charge in [-0.25, -0.2) is 4.39 Å². The number of hydrogen-bond donors (Lipinski definition) is 0. The Morgan fingerprint density at radius 3 is 2.58 bits per heavy atom. The van der Waals surface area contributed by atoms with Crippen molar-refractivity contribution in [1.29, 1.82) is 0 Å². The highest BCUT2D eigenvalue weighted by atomic mass is 19.1. The van der Waals surface area contributed by atoms with E-state index in [1.807, 2.05) is 18.3 Å². The van der Waals surface area contributed by atoms with Crippen LogP contribution < -0.4 is 0 Å². The summed E-state index contributed by atoms with van der Waals surface area (Å²) in [5.41, 5.74) is 4.77. The Labute approximate surface area is 112 Å². The maximum Gasteiger partial charge on any atom is 0.125 e. The molecule has 0 saturated carbocycles. The van der Waals surface area contributed by atoms with Crippen LogP contribution in [0, 0.1) is 19.7 Å². The van der Waals surface area contributed by atoms with E-state index in [0.29, 0.717) is 0 Å². The fourth-order valence-electron chi connectivity index (χ4n) is 2.39. The summed E-state index contributed by atoms with van der Waals surface area (Å²) in [6, 6.07) is 13.4. The van der Waals surface area contributed by atoms with Gasteiger partial charge < -0.3 is 4.57 Å². The minimum Gasteiger partial charge on any atom is -0.343 e. The minimum absolute atomic E-state index is 0.187. The Morgan fingerprint density at radius 2 is 1.79 bits per heavy atom. The number of halogens is 1. The molecule has 0 fully saturated rings. The number of hydrogen-bond acceptors (Lipinski definition) is 0. The molecule has 19 heavy (non-hydrogen) atoms. The van der Waals surface area contributed by atoms with Gasteiger partial charge in [0, 0.05) is 12.7 Å². The van der Waals surface area contributed by atoms with E-state index in [2.05, 4.69) is 36.6 Å². The van der Waals surface area contributed by atoms with Crippen molar-refractivity contribution in [3.63, 3.8) is 0 Å². The lowest BCUT2D eigenvalue weighted by molar-refractivity contribution is 0.628. The first-order valence-electron chi connectivity index (χ1n) is 6.44. The van der Waals surface area contributed by atoms with E-state index in [9.17, 15) is 4.39 Å². The molecule has 0 saturated heterocycles. The second-order valence-corrected chi connectivity index (χ2v) is 5.07. The second-order valence-electron chi connectivity index (χ2n) is 5.07. The van der Waals surface area contributed by atoms with E-state index < -0.39 is 0 Å². The van der Waals surface area contributed by atoms with Gasteiger partial charge in [0.1, 0.15) is 5.82 Å². The topological polar surface area (TPSA) is 4.93 Å². The van der Waals surface area contributed by atoms with Gasteiger partial charge >= 0.3 is 0 Å². The molecule has 0 aliphatic rings. The van der Waals surface area contributed by atoms with Gasteiger partial charge in [-0.1, -0.05) is 18.2 Å². The van der Waals surface area contributed by atoms with Crippen molar-refractivity contribution in [2.75, 3.05) is 0 Å². The Balaban J connectivity index is 2.00. The lowest BCUT2D eigenvalue weighted by Crippen LogP contribution is -1.98. The van der Waals surface area contributed by atoms with E-state index in [1.54, 1.807) is 6.07 Å². The zero-order valence-electron chi connectivity index (χ0n) is 11.2. The molecule has 1 aromatic heterocycles. The lowest BCUT2D eigenvalue weighted by atomic mass is 10.1. The third kappa shape index (κ3) is 2.26. The quantitative estimate of drug-likeness (QED) is 0.636. The summed E-state index contributed by atoms with van der Waals surface area (Å²) in [5.74, 6) is -0.187. The highest BCUT2D eigenvalue weighted by Gasteiger charge is 2.04. The lowest BCUT2D eigenvalue weighted by Gasteiger charge is -2.08. The molecule has 1 nitrogen and oxygen atoms in total. The van der Waals surface area contributed by atoms with E-state index >= 15 is 0 Å². The number of rotatable bonds is 2. The predicted octanol–water partition coefficient (Wildman–Crippen LogP) is 4.45. The van der Waals surface area contributed by atoms with E-state index in [0.717, 1.165) is 17.4 Å². The molecular formula is C17H16FN. The van der Waals surface area contributed by atoms with Gasteiger partial charge in [-0.3, -0.25) is 0 Å². The number of benzene rings is 2. The highest BCUT2D eigenvalue weighted by Crippen LogP contribution is 2.19. The first-order chi connectivity index (χ1) is 9.13. The van der Waals surface area contributed by atoms with Crippen molar-refractivity contribution in [3.05, 3.63) is 71.2 Å². The third-order valence-electron chi connectivity index (χ3n) is 3.66. The first-order valence-corrected chi connectivity index (χ1v) is 6.44. The Morgan fingerprint density at radius 1 is 0.947 bits per heavy atom. The standard InChI is InChI=1S/C17H16FN/c1-12-3-4-14(9-13(12)2)11-19-8-7-15-5-6-16(18)10-17(15)19/h3-10H,11H2,1-2H3. The van der Waals surface area contributed by atoms with Crippen molar-refractivity contribution in [2.45, 2.75) is 20.4 Å². The van der Waals surface area contributed by atoms with Crippen molar-refractivity contribution >= 4 is 10.9 Å². The fraction of sp³-hybridized carbons (Fsp3) is 0.176. The molecule has 0 bridgehead atoms. The molecule has 2 aromatic carbocycles. The van der Waals surface area contributed by atoms with Crippen LogP contribution >= 0.6 is 0 Å². The zero-order valence-corrected chi connectivity index (χ0v) is 11.2. The summed E-state index contributed by atoms with van der Waals surface area (Å²) >= 11 is 0. The summed E-state index contributed by atoms with van der Waals surface area (Å²) in [6.07, 6.45) is 2.01. The SMILES string of the molecule is Cc1ccc(Cn2ccc3ccc(F)cc32)cc1C. The smallest absolute Gasteiger partial charge is 0.125 e. The molecule has 2 heteroatoms. The zero-order chi connectivity index (χ0) is 13.4. The van der Waals surface area contributed by atoms with E-state index in [1.165, 1.54) is 22.8 Å². The van der Waals surface area contributed by atoms with Crippen LogP contribution in [0.15, 0.2) is 48.7 Å². The molecule has 0 aliphatic heterocycles. The summed E-state index contributed by atoms with van der Waals surface area (Å²) in [4.78, 5) is 0. The van der Waals surface area contributed by atoms with Gasteiger partial charge in [0.25, 0.3) is 0 Å². The average molecular weight is 253 g/mol. The van der Waals surface area contributed by atoms with Crippen molar-refractivity contribution < 1.29 is 4.39 Å². The Kier molecular flexibility index (Phi) is 2.86. The number of nitrogens with zero attached hydrogens (tertiary/aromatic N) is 1. The van der Waals surface area contributed by atoms with Gasteiger partial charge in [0.05, 0.1) is 5.52 Å². The predicted molar refractivity (Wildman–Crippen MR) is 76.9 cm³/mol. The maximum absolute atomic E-state index is 13.3. The molecule has 1 heterocycles. The molecule has 96 valence electrons. The number of aryl methyl sites for hydroxylation is 2. The van der Waals surface area contributed by atoms with Gasteiger partial charge in [-0.2, -0.15) is 0 Å². The first kappa shape index (κ1) is 12.0. The van der Waals surface area contributed by atoms with Gasteiger partial charge in [-0.15, -0.1) is 0 Å². The monoisotopic (exact) mass is 253 g/mol. The summed E-state index contributed by atoms with van der Waals surface area (Å²) in [6.45, 7) is 5.00. The highest BCUT2D eigenvalue weighted by molar-refractivity contribution is 5.80. The largest absolute Gasteiger partial charge is 0.343 e. The van der Waals surface area contributed by atoms with E-state index in [4.69, 9.17) is 0 Å². The molecule has 0 amide bonds. The number of aromatic nitrogens is 1. The van der Waals surface area contributed by atoms with Gasteiger partial charge in [-0.05, 0) is 60.2 Å². The van der Waals surface area contributed by atoms with Crippen LogP contribution in [-0.4, -0.2) is 4.57 Å². The summed E-state index contributed by atoms with van der Waals surface area (Å²) in [7, 11) is 0. The molecule has 0 spiro atoms. The van der Waals surface area contributed by atoms with Crippen LogP contribution in [0.1, 0.15) is 16.7 Å². The van der Waals surface area contributed by atoms with Crippen LogP contribution in [0.5, 0.6) is 0 Å². The Bertz CT molecular complexity index is 740. The molecule has 0 radical (unpaired) electrons. The number of fused-ring (bicyclic) bond motifs is 1. The average Bonchev–Trinajstić information content (AvgIpc) is 2.77. The molecule has 3 rings (SSSR count). The van der Waals surface area contributed by atoms with Crippen LogP contribution in [0.2, 0.25) is 0 Å². The van der Waals surface area contributed by atoms with Crippen LogP contribution in [0.25, 0.3) is 10.9 Å². The maximum atomic E-state index is 13.3. The van der Waals surface area contributed by atoms with Crippen molar-refractivity contribution in [3.8, 4) is 0 Å². The molecule has 0 atom stereocenters. The summed E-state index contributed by atoms with van der Waals surface area (Å²) < 4.78 is 15.4. The van der Waals surface area contributed by atoms with Gasteiger partial charge in [0.15, 0.2) is 0 Å². The Hall–Kier alpha value is -2.09. The third-order valence-corrected chi connectivity index (χ3v) is 3.66. The normalized spacial score (nSPS) is 11.1. The van der Waals surface area contributed by atoms with Crippen molar-refractivity contribution in [2.24, 2.45) is 0 Å². The second kappa shape index (κ2) is 4.54. The van der Waals surface area contributed by atoms with Crippen LogP contribution in [-0.2, 0) is 6.54 Å². The molecule has 0 N–H and O–H groups in total.